The zero-order valence-electron chi connectivity index (χ0n) is 6.63. The number of hydrogen-bond donors (Lipinski definition) is 1. The van der Waals surface area contributed by atoms with E-state index in [1.807, 2.05) is 0 Å². The highest BCUT2D eigenvalue weighted by Gasteiger charge is 2.47. The van der Waals surface area contributed by atoms with Crippen LogP contribution in [0.5, 0.6) is 0 Å². The highest BCUT2D eigenvalue weighted by atomic mass is 19.4. The Labute approximate surface area is 76.6 Å². The van der Waals surface area contributed by atoms with E-state index in [0.29, 0.717) is 0 Å². The Kier molecular flexibility index (Phi) is 1.88. The molecule has 14 heavy (non-hydrogen) atoms. The minimum atomic E-state index is -4.73. The van der Waals surface area contributed by atoms with Gasteiger partial charge in [0.25, 0.3) is 0 Å². The first kappa shape index (κ1) is 9.25. The molecule has 0 saturated heterocycles. The molecule has 1 atom stereocenters. The maximum atomic E-state index is 12.2. The number of anilines is 1. The standard InChI is InChI=1S/C7H4F3N2O2/c8-7(9,10)11-5-3-1-2-4-6(5)12(13)14-11/h2-4,12H. The SMILES string of the molecule is [O-][NH+]1ON(C(F)(F)F)c2c[c]ccc21. The van der Waals surface area contributed by atoms with Gasteiger partial charge in [0.05, 0.1) is 0 Å². The van der Waals surface area contributed by atoms with Crippen LogP contribution in [0.15, 0.2) is 18.2 Å². The first-order valence-corrected chi connectivity index (χ1v) is 3.59. The molecule has 0 spiro atoms. The fraction of sp³-hybridized carbons (Fsp3) is 0.143. The van der Waals surface area contributed by atoms with E-state index in [4.69, 9.17) is 0 Å². The van der Waals surface area contributed by atoms with Gasteiger partial charge in [-0.2, -0.15) is 5.23 Å². The van der Waals surface area contributed by atoms with E-state index in [1.54, 1.807) is 0 Å². The molecule has 2 rings (SSSR count). The van der Waals surface area contributed by atoms with Crippen LogP contribution in [0.2, 0.25) is 0 Å². The molecule has 7 heteroatoms. The van der Waals surface area contributed by atoms with Crippen molar-refractivity contribution in [2.45, 2.75) is 6.30 Å². The van der Waals surface area contributed by atoms with Gasteiger partial charge in [-0.1, -0.05) is 10.0 Å². The Balaban J connectivity index is 2.44. The Morgan fingerprint density at radius 1 is 1.50 bits per heavy atom. The van der Waals surface area contributed by atoms with E-state index < -0.39 is 11.5 Å². The summed E-state index contributed by atoms with van der Waals surface area (Å²) in [6, 6.07) is 6.06. The van der Waals surface area contributed by atoms with Crippen LogP contribution in [0.25, 0.3) is 0 Å². The van der Waals surface area contributed by atoms with Crippen LogP contribution >= 0.6 is 0 Å². The van der Waals surface area contributed by atoms with Gasteiger partial charge in [0.2, 0.25) is 0 Å². The molecule has 0 aliphatic carbocycles. The number of hydroxylamine groups is 1. The summed E-state index contributed by atoms with van der Waals surface area (Å²) in [7, 11) is 0. The number of nitrogens with one attached hydrogen (secondary N) is 1. The molecule has 1 radical (unpaired) electrons. The van der Waals surface area contributed by atoms with Crippen LogP contribution < -0.4 is 10.3 Å². The first-order valence-electron chi connectivity index (χ1n) is 3.59. The highest BCUT2D eigenvalue weighted by Crippen LogP contribution is 2.34. The van der Waals surface area contributed by atoms with Crippen molar-refractivity contribution in [3.63, 3.8) is 0 Å². The van der Waals surface area contributed by atoms with Gasteiger partial charge in [-0.15, -0.1) is 13.2 Å². The maximum absolute atomic E-state index is 12.2. The van der Waals surface area contributed by atoms with Gasteiger partial charge in [-0.25, -0.2) is 0 Å². The minimum absolute atomic E-state index is 0.110. The smallest absolute Gasteiger partial charge is 0.513 e. The molecule has 0 fully saturated rings. The summed E-state index contributed by atoms with van der Waals surface area (Å²) in [5.41, 5.74) is -0.439. The van der Waals surface area contributed by atoms with Crippen molar-refractivity contribution in [3.8, 4) is 0 Å². The quantitative estimate of drug-likeness (QED) is 0.500. The van der Waals surface area contributed by atoms with Gasteiger partial charge < -0.3 is 5.21 Å². The molecule has 0 amide bonds. The zero-order chi connectivity index (χ0) is 10.3. The molecule has 1 aliphatic heterocycles. The first-order chi connectivity index (χ1) is 6.50. The lowest BCUT2D eigenvalue weighted by Crippen LogP contribution is -3.00. The van der Waals surface area contributed by atoms with Gasteiger partial charge in [-0.3, -0.25) is 0 Å². The highest BCUT2D eigenvalue weighted by molar-refractivity contribution is 5.62. The lowest BCUT2D eigenvalue weighted by Gasteiger charge is -2.17. The van der Waals surface area contributed by atoms with Crippen molar-refractivity contribution < 1.29 is 23.3 Å². The van der Waals surface area contributed by atoms with Crippen LogP contribution in [0.3, 0.4) is 0 Å². The third-order valence-electron chi connectivity index (χ3n) is 1.69. The lowest BCUT2D eigenvalue weighted by atomic mass is 10.3. The van der Waals surface area contributed by atoms with Crippen LogP contribution in [0.1, 0.15) is 0 Å². The van der Waals surface area contributed by atoms with E-state index in [1.165, 1.54) is 12.1 Å². The van der Waals surface area contributed by atoms with Crippen LogP contribution in [-0.4, -0.2) is 6.30 Å². The van der Waals surface area contributed by atoms with E-state index in [2.05, 4.69) is 11.0 Å². The van der Waals surface area contributed by atoms with E-state index in [-0.39, 0.29) is 16.4 Å². The third kappa shape index (κ3) is 1.31. The summed E-state index contributed by atoms with van der Waals surface area (Å²) < 4.78 is 36.7. The molecule has 0 saturated carbocycles. The zero-order valence-corrected chi connectivity index (χ0v) is 6.63. The maximum Gasteiger partial charge on any atom is 0.513 e. The molecule has 0 aromatic heterocycles. The number of hydrogen-bond acceptors (Lipinski definition) is 3. The molecule has 1 aliphatic rings. The molecule has 75 valence electrons. The number of halogens is 3. The molecule has 0 bridgehead atoms. The molecule has 1 aromatic carbocycles. The van der Waals surface area contributed by atoms with Crippen molar-refractivity contribution in [3.05, 3.63) is 29.5 Å². The van der Waals surface area contributed by atoms with Crippen LogP contribution in [0.4, 0.5) is 24.5 Å². The lowest BCUT2D eigenvalue weighted by molar-refractivity contribution is -0.994. The third-order valence-corrected chi connectivity index (χ3v) is 1.69. The van der Waals surface area contributed by atoms with Gasteiger partial charge >= 0.3 is 6.30 Å². The fourth-order valence-corrected chi connectivity index (χ4v) is 1.13. The Bertz CT molecular complexity index is 355. The molecule has 1 aromatic rings. The minimum Gasteiger partial charge on any atom is -0.593 e. The fourth-order valence-electron chi connectivity index (χ4n) is 1.13. The van der Waals surface area contributed by atoms with Crippen LogP contribution in [-0.2, 0) is 4.94 Å². The van der Waals surface area contributed by atoms with Gasteiger partial charge in [0, 0.05) is 6.07 Å². The molecule has 1 heterocycles. The van der Waals surface area contributed by atoms with Gasteiger partial charge in [-0.05, 0) is 18.2 Å². The number of rotatable bonds is 0. The van der Waals surface area contributed by atoms with Crippen molar-refractivity contribution in [1.29, 1.82) is 0 Å². The summed E-state index contributed by atoms with van der Waals surface area (Å²) in [6.07, 6.45) is -4.73. The number of fused-ring (bicyclic) bond motifs is 1. The Hall–Kier alpha value is -1.31. The average molecular weight is 205 g/mol. The van der Waals surface area contributed by atoms with Crippen LogP contribution in [0, 0.1) is 11.3 Å². The number of nitrogens with zero attached hydrogens (tertiary/aromatic N) is 1. The number of alkyl halides is 3. The topological polar surface area (TPSA) is 40.0 Å². The second kappa shape index (κ2) is 2.84. The second-order valence-corrected chi connectivity index (χ2v) is 2.58. The van der Waals surface area contributed by atoms with Crippen molar-refractivity contribution in [2.75, 3.05) is 5.06 Å². The van der Waals surface area contributed by atoms with E-state index >= 15 is 0 Å². The largest absolute Gasteiger partial charge is 0.593 e. The summed E-state index contributed by atoms with van der Waals surface area (Å²) in [6.45, 7) is 0. The van der Waals surface area contributed by atoms with Crippen molar-refractivity contribution in [2.24, 2.45) is 0 Å². The predicted molar refractivity (Wildman–Crippen MR) is 38.9 cm³/mol. The monoisotopic (exact) mass is 205 g/mol. The average Bonchev–Trinajstić information content (AvgIpc) is 2.44. The number of quaternary nitrogens is 1. The normalized spacial score (nSPS) is 21.1. The Morgan fingerprint density at radius 3 is 2.86 bits per heavy atom. The van der Waals surface area contributed by atoms with Crippen molar-refractivity contribution in [1.82, 2.24) is 0 Å². The summed E-state index contributed by atoms with van der Waals surface area (Å²) >= 11 is 0. The summed E-state index contributed by atoms with van der Waals surface area (Å²) in [4.78, 5) is 4.05. The summed E-state index contributed by atoms with van der Waals surface area (Å²) in [5, 5.41) is 9.56. The molecule has 1 unspecified atom stereocenters. The second-order valence-electron chi connectivity index (χ2n) is 2.58. The van der Waals surface area contributed by atoms with E-state index in [9.17, 15) is 18.4 Å². The Morgan fingerprint density at radius 2 is 2.21 bits per heavy atom. The van der Waals surface area contributed by atoms with Gasteiger partial charge in [0.1, 0.15) is 5.69 Å². The van der Waals surface area contributed by atoms with Crippen molar-refractivity contribution >= 4 is 11.4 Å². The molecular weight excluding hydrogens is 201 g/mol. The molecular formula is C7H4F3N2O2. The van der Waals surface area contributed by atoms with E-state index in [0.717, 1.165) is 6.07 Å². The molecule has 4 nitrogen and oxygen atoms in total. The van der Waals surface area contributed by atoms with Gasteiger partial charge in [0.15, 0.2) is 5.69 Å². The number of benzene rings is 1. The predicted octanol–water partition coefficient (Wildman–Crippen LogP) is 0.687. The molecule has 1 N–H and O–H groups in total. The summed E-state index contributed by atoms with van der Waals surface area (Å²) in [5.74, 6) is 0.